The molecule has 5 nitrogen and oxygen atoms in total. The van der Waals surface area contributed by atoms with Gasteiger partial charge in [-0.3, -0.25) is 4.72 Å². The normalized spacial score (nSPS) is 10.7. The van der Waals surface area contributed by atoms with Crippen LogP contribution in [0.1, 0.15) is 11.1 Å². The van der Waals surface area contributed by atoms with Crippen molar-refractivity contribution < 1.29 is 8.42 Å². The van der Waals surface area contributed by atoms with Gasteiger partial charge in [-0.2, -0.15) is 5.26 Å². The van der Waals surface area contributed by atoms with Gasteiger partial charge in [0.1, 0.15) is 0 Å². The fourth-order valence-electron chi connectivity index (χ4n) is 1.89. The van der Waals surface area contributed by atoms with Gasteiger partial charge in [0.05, 0.1) is 23.6 Å². The van der Waals surface area contributed by atoms with Crippen LogP contribution in [0, 0.1) is 11.3 Å². The first-order chi connectivity index (χ1) is 9.98. The van der Waals surface area contributed by atoms with Crippen LogP contribution in [0.5, 0.6) is 0 Å². The van der Waals surface area contributed by atoms with Gasteiger partial charge in [0.15, 0.2) is 0 Å². The summed E-state index contributed by atoms with van der Waals surface area (Å²) in [6.07, 6.45) is 1.11. The van der Waals surface area contributed by atoms with E-state index in [0.29, 0.717) is 17.8 Å². The molecule has 0 aliphatic carbocycles. The maximum Gasteiger partial charge on any atom is 0.229 e. The molecule has 0 saturated carbocycles. The third-order valence-corrected chi connectivity index (χ3v) is 3.39. The summed E-state index contributed by atoms with van der Waals surface area (Å²) in [6.45, 7) is 0.492. The van der Waals surface area contributed by atoms with Gasteiger partial charge in [0, 0.05) is 12.2 Å². The first-order valence-electron chi connectivity index (χ1n) is 6.28. The van der Waals surface area contributed by atoms with E-state index in [4.69, 9.17) is 5.26 Å². The molecule has 0 unspecified atom stereocenters. The molecule has 21 heavy (non-hydrogen) atoms. The number of sulfonamides is 1. The molecule has 0 heterocycles. The Morgan fingerprint density at radius 2 is 1.81 bits per heavy atom. The molecule has 0 atom stereocenters. The average Bonchev–Trinajstić information content (AvgIpc) is 2.44. The Morgan fingerprint density at radius 1 is 1.10 bits per heavy atom. The summed E-state index contributed by atoms with van der Waals surface area (Å²) in [5.74, 6) is 0. The number of rotatable bonds is 5. The molecule has 0 bridgehead atoms. The standard InChI is InChI=1S/C15H15N3O2S/c1-21(19,20)18-15-8-4-7-14(9-15)17-11-13-6-3-2-5-12(13)10-16/h2-9,17-18H,11H2,1H3. The lowest BCUT2D eigenvalue weighted by Crippen LogP contribution is -2.09. The van der Waals surface area contributed by atoms with Gasteiger partial charge in [0.2, 0.25) is 10.0 Å². The van der Waals surface area contributed by atoms with Crippen molar-refractivity contribution >= 4 is 21.4 Å². The summed E-state index contributed by atoms with van der Waals surface area (Å²) in [5, 5.41) is 12.2. The second-order valence-corrected chi connectivity index (χ2v) is 6.33. The van der Waals surface area contributed by atoms with Crippen molar-refractivity contribution in [3.05, 3.63) is 59.7 Å². The largest absolute Gasteiger partial charge is 0.381 e. The van der Waals surface area contributed by atoms with E-state index in [9.17, 15) is 8.42 Å². The van der Waals surface area contributed by atoms with Crippen molar-refractivity contribution in [3.8, 4) is 6.07 Å². The SMILES string of the molecule is CS(=O)(=O)Nc1cccc(NCc2ccccc2C#N)c1. The molecular weight excluding hydrogens is 286 g/mol. The fourth-order valence-corrected chi connectivity index (χ4v) is 2.44. The highest BCUT2D eigenvalue weighted by molar-refractivity contribution is 7.92. The summed E-state index contributed by atoms with van der Waals surface area (Å²) in [6, 6.07) is 16.4. The predicted octanol–water partition coefficient (Wildman–Crippen LogP) is 2.54. The lowest BCUT2D eigenvalue weighted by Gasteiger charge is -2.10. The van der Waals surface area contributed by atoms with Gasteiger partial charge in [-0.1, -0.05) is 24.3 Å². The van der Waals surface area contributed by atoms with Gasteiger partial charge >= 0.3 is 0 Å². The monoisotopic (exact) mass is 301 g/mol. The highest BCUT2D eigenvalue weighted by Gasteiger charge is 2.04. The third kappa shape index (κ3) is 4.51. The van der Waals surface area contributed by atoms with Gasteiger partial charge in [-0.05, 0) is 29.8 Å². The van der Waals surface area contributed by atoms with Gasteiger partial charge in [-0.15, -0.1) is 0 Å². The number of nitriles is 1. The van der Waals surface area contributed by atoms with Crippen LogP contribution < -0.4 is 10.0 Å². The van der Waals surface area contributed by atoms with Crippen molar-refractivity contribution in [1.29, 1.82) is 5.26 Å². The smallest absolute Gasteiger partial charge is 0.229 e. The molecular formula is C15H15N3O2S. The molecule has 0 spiro atoms. The minimum absolute atomic E-state index is 0.492. The van der Waals surface area contributed by atoms with Crippen molar-refractivity contribution in [1.82, 2.24) is 0 Å². The Hall–Kier alpha value is -2.52. The Balaban J connectivity index is 2.10. The van der Waals surface area contributed by atoms with Crippen LogP contribution in [0.4, 0.5) is 11.4 Å². The molecule has 2 rings (SSSR count). The molecule has 2 aromatic rings. The van der Waals surface area contributed by atoms with E-state index in [1.807, 2.05) is 24.3 Å². The number of nitrogens with one attached hydrogen (secondary N) is 2. The Morgan fingerprint density at radius 3 is 2.52 bits per heavy atom. The minimum atomic E-state index is -3.29. The van der Waals surface area contributed by atoms with Crippen molar-refractivity contribution in [3.63, 3.8) is 0 Å². The molecule has 108 valence electrons. The van der Waals surface area contributed by atoms with E-state index in [1.165, 1.54) is 0 Å². The number of nitrogens with zero attached hydrogens (tertiary/aromatic N) is 1. The van der Waals surface area contributed by atoms with E-state index in [1.54, 1.807) is 24.3 Å². The highest BCUT2D eigenvalue weighted by atomic mass is 32.2. The first kappa shape index (κ1) is 14.9. The zero-order valence-electron chi connectivity index (χ0n) is 11.5. The Kier molecular flexibility index (Phi) is 4.45. The first-order valence-corrected chi connectivity index (χ1v) is 8.17. The zero-order valence-corrected chi connectivity index (χ0v) is 12.3. The maximum absolute atomic E-state index is 11.2. The molecule has 0 aromatic heterocycles. The summed E-state index contributed by atoms with van der Waals surface area (Å²) < 4.78 is 24.8. The minimum Gasteiger partial charge on any atom is -0.381 e. The molecule has 0 aliphatic rings. The van der Waals surface area contributed by atoms with E-state index in [2.05, 4.69) is 16.1 Å². The number of hydrogen-bond acceptors (Lipinski definition) is 4. The maximum atomic E-state index is 11.2. The van der Waals surface area contributed by atoms with E-state index >= 15 is 0 Å². The molecule has 0 saturated heterocycles. The van der Waals surface area contributed by atoms with Crippen LogP contribution in [-0.4, -0.2) is 14.7 Å². The molecule has 0 aliphatic heterocycles. The van der Waals surface area contributed by atoms with Crippen LogP contribution in [0.15, 0.2) is 48.5 Å². The molecule has 0 amide bonds. The lowest BCUT2D eigenvalue weighted by atomic mass is 10.1. The Labute approximate surface area is 124 Å². The average molecular weight is 301 g/mol. The van der Waals surface area contributed by atoms with Crippen molar-refractivity contribution in [2.24, 2.45) is 0 Å². The van der Waals surface area contributed by atoms with Crippen molar-refractivity contribution in [2.75, 3.05) is 16.3 Å². The fraction of sp³-hybridized carbons (Fsp3) is 0.133. The zero-order chi connectivity index (χ0) is 15.3. The number of anilines is 2. The lowest BCUT2D eigenvalue weighted by molar-refractivity contribution is 0.607. The third-order valence-electron chi connectivity index (χ3n) is 2.79. The highest BCUT2D eigenvalue weighted by Crippen LogP contribution is 2.17. The van der Waals surface area contributed by atoms with Gasteiger partial charge in [0.25, 0.3) is 0 Å². The number of hydrogen-bond donors (Lipinski definition) is 2. The predicted molar refractivity (Wildman–Crippen MR) is 83.4 cm³/mol. The van der Waals surface area contributed by atoms with Gasteiger partial charge in [-0.25, -0.2) is 8.42 Å². The second-order valence-electron chi connectivity index (χ2n) is 4.58. The van der Waals surface area contributed by atoms with Crippen LogP contribution in [-0.2, 0) is 16.6 Å². The summed E-state index contributed by atoms with van der Waals surface area (Å²) in [4.78, 5) is 0. The van der Waals surface area contributed by atoms with Crippen LogP contribution >= 0.6 is 0 Å². The molecule has 0 fully saturated rings. The van der Waals surface area contributed by atoms with Gasteiger partial charge < -0.3 is 5.32 Å². The molecule has 2 aromatic carbocycles. The second kappa shape index (κ2) is 6.29. The van der Waals surface area contributed by atoms with E-state index in [-0.39, 0.29) is 0 Å². The summed E-state index contributed by atoms with van der Waals surface area (Å²) >= 11 is 0. The summed E-state index contributed by atoms with van der Waals surface area (Å²) in [7, 11) is -3.29. The van der Waals surface area contributed by atoms with E-state index in [0.717, 1.165) is 17.5 Å². The molecule has 6 heteroatoms. The van der Waals surface area contributed by atoms with Crippen LogP contribution in [0.25, 0.3) is 0 Å². The quantitative estimate of drug-likeness (QED) is 0.889. The van der Waals surface area contributed by atoms with E-state index < -0.39 is 10.0 Å². The van der Waals surface area contributed by atoms with Crippen molar-refractivity contribution in [2.45, 2.75) is 6.54 Å². The summed E-state index contributed by atoms with van der Waals surface area (Å²) in [5.41, 5.74) is 2.78. The Bertz CT molecular complexity index is 780. The number of benzene rings is 2. The molecule has 2 N–H and O–H groups in total. The topological polar surface area (TPSA) is 82.0 Å². The molecule has 0 radical (unpaired) electrons. The van der Waals surface area contributed by atoms with Crippen LogP contribution in [0.3, 0.4) is 0 Å². The van der Waals surface area contributed by atoms with Crippen LogP contribution in [0.2, 0.25) is 0 Å².